The molecular weight excluding hydrogens is 297 g/mol. The van der Waals surface area contributed by atoms with E-state index in [1.807, 2.05) is 25.1 Å². The standard InChI is InChI=1S/C18H20FNO3/c1-12(15-8-9-17(22-2)16(19)10-15)20-11-13-4-6-14(7-5-13)18(21)23-3/h4-10,12,20H,11H2,1-3H3/t12-/m1/s1. The molecule has 0 saturated carbocycles. The molecule has 2 aromatic rings. The van der Waals surface area contributed by atoms with Crippen molar-refractivity contribution >= 4 is 5.97 Å². The molecule has 1 atom stereocenters. The Morgan fingerprint density at radius 1 is 1.17 bits per heavy atom. The summed E-state index contributed by atoms with van der Waals surface area (Å²) in [4.78, 5) is 11.4. The number of nitrogens with one attached hydrogen (secondary N) is 1. The van der Waals surface area contributed by atoms with Crippen LogP contribution in [0, 0.1) is 5.82 Å². The van der Waals surface area contributed by atoms with E-state index < -0.39 is 0 Å². The second-order valence-electron chi connectivity index (χ2n) is 5.19. The average Bonchev–Trinajstić information content (AvgIpc) is 2.59. The fourth-order valence-corrected chi connectivity index (χ4v) is 2.22. The molecule has 0 aliphatic rings. The van der Waals surface area contributed by atoms with E-state index in [9.17, 15) is 9.18 Å². The monoisotopic (exact) mass is 317 g/mol. The predicted octanol–water partition coefficient (Wildman–Crippen LogP) is 3.47. The number of halogens is 1. The maximum Gasteiger partial charge on any atom is 0.337 e. The Morgan fingerprint density at radius 3 is 2.43 bits per heavy atom. The van der Waals surface area contributed by atoms with Gasteiger partial charge in [0.2, 0.25) is 0 Å². The Bertz CT molecular complexity index is 670. The summed E-state index contributed by atoms with van der Waals surface area (Å²) in [6, 6.07) is 12.1. The zero-order chi connectivity index (χ0) is 16.8. The van der Waals surface area contributed by atoms with Gasteiger partial charge in [-0.2, -0.15) is 0 Å². The molecule has 0 bridgehead atoms. The molecule has 0 radical (unpaired) electrons. The first-order valence-electron chi connectivity index (χ1n) is 7.29. The molecule has 0 aliphatic heterocycles. The molecule has 0 saturated heterocycles. The second kappa shape index (κ2) is 7.74. The molecule has 122 valence electrons. The number of carbonyl (C=O) groups excluding carboxylic acids is 1. The van der Waals surface area contributed by atoms with Crippen LogP contribution in [-0.2, 0) is 11.3 Å². The van der Waals surface area contributed by atoms with Gasteiger partial charge in [-0.05, 0) is 42.3 Å². The van der Waals surface area contributed by atoms with Crippen LogP contribution in [0.5, 0.6) is 5.75 Å². The van der Waals surface area contributed by atoms with Crippen LogP contribution in [-0.4, -0.2) is 20.2 Å². The minimum absolute atomic E-state index is 0.0179. The summed E-state index contributed by atoms with van der Waals surface area (Å²) < 4.78 is 23.3. The lowest BCUT2D eigenvalue weighted by atomic mass is 10.1. The summed E-state index contributed by atoms with van der Waals surface area (Å²) in [5.74, 6) is -0.494. The van der Waals surface area contributed by atoms with E-state index in [0.717, 1.165) is 11.1 Å². The molecule has 1 N–H and O–H groups in total. The van der Waals surface area contributed by atoms with Crippen molar-refractivity contribution in [1.82, 2.24) is 5.32 Å². The van der Waals surface area contributed by atoms with Crippen LogP contribution in [0.3, 0.4) is 0 Å². The van der Waals surface area contributed by atoms with Crippen LogP contribution in [0.2, 0.25) is 0 Å². The van der Waals surface area contributed by atoms with E-state index in [2.05, 4.69) is 10.1 Å². The maximum absolute atomic E-state index is 13.7. The van der Waals surface area contributed by atoms with E-state index in [0.29, 0.717) is 12.1 Å². The van der Waals surface area contributed by atoms with E-state index in [1.165, 1.54) is 20.3 Å². The lowest BCUT2D eigenvalue weighted by Crippen LogP contribution is -2.18. The summed E-state index contributed by atoms with van der Waals surface area (Å²) in [7, 11) is 2.80. The number of hydrogen-bond acceptors (Lipinski definition) is 4. The van der Waals surface area contributed by atoms with Gasteiger partial charge in [0, 0.05) is 12.6 Å². The van der Waals surface area contributed by atoms with E-state index in [1.54, 1.807) is 18.2 Å². The van der Waals surface area contributed by atoms with Gasteiger partial charge in [-0.1, -0.05) is 18.2 Å². The average molecular weight is 317 g/mol. The van der Waals surface area contributed by atoms with Crippen LogP contribution in [0.25, 0.3) is 0 Å². The minimum atomic E-state index is -0.374. The number of esters is 1. The Hall–Kier alpha value is -2.40. The van der Waals surface area contributed by atoms with Crippen molar-refractivity contribution in [2.75, 3.05) is 14.2 Å². The highest BCUT2D eigenvalue weighted by atomic mass is 19.1. The second-order valence-corrected chi connectivity index (χ2v) is 5.19. The topological polar surface area (TPSA) is 47.6 Å². The van der Waals surface area contributed by atoms with E-state index in [4.69, 9.17) is 4.74 Å². The first-order valence-corrected chi connectivity index (χ1v) is 7.29. The Balaban J connectivity index is 1.97. The van der Waals surface area contributed by atoms with Gasteiger partial charge in [-0.15, -0.1) is 0 Å². The zero-order valence-corrected chi connectivity index (χ0v) is 13.4. The fraction of sp³-hybridized carbons (Fsp3) is 0.278. The minimum Gasteiger partial charge on any atom is -0.494 e. The maximum atomic E-state index is 13.7. The SMILES string of the molecule is COC(=O)c1ccc(CN[C@H](C)c2ccc(OC)c(F)c2)cc1. The van der Waals surface area contributed by atoms with Gasteiger partial charge in [-0.3, -0.25) is 0 Å². The summed E-state index contributed by atoms with van der Waals surface area (Å²) in [5, 5.41) is 3.32. The quantitative estimate of drug-likeness (QED) is 0.829. The molecule has 2 aromatic carbocycles. The number of methoxy groups -OCH3 is 2. The van der Waals surface area contributed by atoms with Crippen molar-refractivity contribution < 1.29 is 18.7 Å². The molecule has 0 amide bonds. The van der Waals surface area contributed by atoms with Crippen molar-refractivity contribution in [2.45, 2.75) is 19.5 Å². The Kier molecular flexibility index (Phi) is 5.71. The largest absolute Gasteiger partial charge is 0.494 e. The van der Waals surface area contributed by atoms with Gasteiger partial charge >= 0.3 is 5.97 Å². The summed E-state index contributed by atoms with van der Waals surface area (Å²) in [5.41, 5.74) is 2.38. The first-order chi connectivity index (χ1) is 11.0. The van der Waals surface area contributed by atoms with Crippen molar-refractivity contribution in [2.24, 2.45) is 0 Å². The van der Waals surface area contributed by atoms with E-state index >= 15 is 0 Å². The number of hydrogen-bond donors (Lipinski definition) is 1. The van der Waals surface area contributed by atoms with Crippen LogP contribution in [0.1, 0.15) is 34.5 Å². The third-order valence-corrected chi connectivity index (χ3v) is 3.66. The molecule has 23 heavy (non-hydrogen) atoms. The van der Waals surface area contributed by atoms with Gasteiger partial charge < -0.3 is 14.8 Å². The highest BCUT2D eigenvalue weighted by Gasteiger charge is 2.10. The smallest absolute Gasteiger partial charge is 0.337 e. The lowest BCUT2D eigenvalue weighted by Gasteiger charge is -2.15. The lowest BCUT2D eigenvalue weighted by molar-refractivity contribution is 0.0600. The fourth-order valence-electron chi connectivity index (χ4n) is 2.22. The van der Waals surface area contributed by atoms with Crippen molar-refractivity contribution in [3.8, 4) is 5.75 Å². The molecule has 0 fully saturated rings. The Morgan fingerprint density at radius 2 is 1.87 bits per heavy atom. The molecule has 5 heteroatoms. The number of ether oxygens (including phenoxy) is 2. The summed E-state index contributed by atoms with van der Waals surface area (Å²) in [6.07, 6.45) is 0. The van der Waals surface area contributed by atoms with Crippen LogP contribution < -0.4 is 10.1 Å². The third-order valence-electron chi connectivity index (χ3n) is 3.66. The normalized spacial score (nSPS) is 11.8. The molecule has 0 aromatic heterocycles. The highest BCUT2D eigenvalue weighted by Crippen LogP contribution is 2.22. The Labute approximate surface area is 135 Å². The van der Waals surface area contributed by atoms with Crippen LogP contribution >= 0.6 is 0 Å². The van der Waals surface area contributed by atoms with Crippen molar-refractivity contribution in [1.29, 1.82) is 0 Å². The third kappa shape index (κ3) is 4.29. The first kappa shape index (κ1) is 17.0. The van der Waals surface area contributed by atoms with Gasteiger partial charge in [-0.25, -0.2) is 9.18 Å². The van der Waals surface area contributed by atoms with Gasteiger partial charge in [0.1, 0.15) is 0 Å². The molecule has 0 spiro atoms. The van der Waals surface area contributed by atoms with Crippen LogP contribution in [0.15, 0.2) is 42.5 Å². The molecule has 0 unspecified atom stereocenters. The predicted molar refractivity (Wildman–Crippen MR) is 86.0 cm³/mol. The number of rotatable bonds is 6. The van der Waals surface area contributed by atoms with Gasteiger partial charge in [0.15, 0.2) is 11.6 Å². The number of carbonyl (C=O) groups is 1. The van der Waals surface area contributed by atoms with Crippen molar-refractivity contribution in [3.05, 3.63) is 65.0 Å². The molecule has 0 heterocycles. The molecule has 0 aliphatic carbocycles. The molecule has 2 rings (SSSR count). The van der Waals surface area contributed by atoms with Gasteiger partial charge in [0.25, 0.3) is 0 Å². The zero-order valence-electron chi connectivity index (χ0n) is 13.4. The number of benzene rings is 2. The molecular formula is C18H20FNO3. The van der Waals surface area contributed by atoms with E-state index in [-0.39, 0.29) is 23.6 Å². The summed E-state index contributed by atoms with van der Waals surface area (Å²) in [6.45, 7) is 2.57. The molecule has 4 nitrogen and oxygen atoms in total. The van der Waals surface area contributed by atoms with Crippen molar-refractivity contribution in [3.63, 3.8) is 0 Å². The summed E-state index contributed by atoms with van der Waals surface area (Å²) >= 11 is 0. The van der Waals surface area contributed by atoms with Gasteiger partial charge in [0.05, 0.1) is 19.8 Å². The highest BCUT2D eigenvalue weighted by molar-refractivity contribution is 5.89. The van der Waals surface area contributed by atoms with Crippen LogP contribution in [0.4, 0.5) is 4.39 Å².